The third kappa shape index (κ3) is 3.43. The number of nitrogens with zero attached hydrogens (tertiary/aromatic N) is 4. The molecule has 0 fully saturated rings. The van der Waals surface area contributed by atoms with Crippen LogP contribution in [0.4, 0.5) is 5.69 Å². The summed E-state index contributed by atoms with van der Waals surface area (Å²) in [4.78, 5) is 17.4. The summed E-state index contributed by atoms with van der Waals surface area (Å²) < 4.78 is 1.75. The Kier molecular flexibility index (Phi) is 4.96. The first-order valence-corrected chi connectivity index (χ1v) is 9.68. The van der Waals surface area contributed by atoms with Crippen molar-refractivity contribution < 1.29 is 4.79 Å². The second-order valence-corrected chi connectivity index (χ2v) is 7.85. The van der Waals surface area contributed by atoms with Crippen LogP contribution in [0.5, 0.6) is 0 Å². The molecular formula is C22H23ClN4O. The van der Waals surface area contributed by atoms with Crippen LogP contribution in [0.1, 0.15) is 16.1 Å². The first kappa shape index (κ1) is 18.7. The molecule has 1 unspecified atom stereocenters. The Hall–Kier alpha value is -2.63. The number of halogens is 1. The van der Waals surface area contributed by atoms with Gasteiger partial charge in [-0.1, -0.05) is 41.9 Å². The molecule has 0 bridgehead atoms. The minimum absolute atomic E-state index is 0.0742. The standard InChI is InChI=1S/C22H23ClN4O/c1-25(2)18-12-16-6-4-5-7-20(16)27(14-18)22(28)19-13-21(26(3)24-19)15-8-10-17(23)11-9-15/h4-11,13,18H,12,14H2,1-3H3. The van der Waals surface area contributed by atoms with Crippen LogP contribution in [0.2, 0.25) is 5.02 Å². The lowest BCUT2D eigenvalue weighted by Gasteiger charge is -2.37. The number of amides is 1. The van der Waals surface area contributed by atoms with E-state index in [-0.39, 0.29) is 11.9 Å². The average molecular weight is 395 g/mol. The lowest BCUT2D eigenvalue weighted by molar-refractivity contribution is 0.0970. The van der Waals surface area contributed by atoms with E-state index in [9.17, 15) is 4.79 Å². The summed E-state index contributed by atoms with van der Waals surface area (Å²) >= 11 is 6.00. The van der Waals surface area contributed by atoms with E-state index in [1.54, 1.807) is 4.68 Å². The van der Waals surface area contributed by atoms with Gasteiger partial charge in [-0.3, -0.25) is 9.48 Å². The molecule has 0 N–H and O–H groups in total. The van der Waals surface area contributed by atoms with Crippen molar-refractivity contribution in [2.75, 3.05) is 25.5 Å². The molecule has 5 nitrogen and oxygen atoms in total. The van der Waals surface area contributed by atoms with Gasteiger partial charge in [-0.05, 0) is 55.9 Å². The maximum absolute atomic E-state index is 13.4. The van der Waals surface area contributed by atoms with Gasteiger partial charge in [0.25, 0.3) is 5.91 Å². The van der Waals surface area contributed by atoms with E-state index in [1.807, 2.05) is 60.5 Å². The van der Waals surface area contributed by atoms with Gasteiger partial charge >= 0.3 is 0 Å². The number of benzene rings is 2. The zero-order valence-electron chi connectivity index (χ0n) is 16.3. The fourth-order valence-corrected chi connectivity index (χ4v) is 3.84. The van der Waals surface area contributed by atoms with Crippen LogP contribution < -0.4 is 4.90 Å². The number of hydrogen-bond donors (Lipinski definition) is 0. The molecule has 0 saturated carbocycles. The number of likely N-dealkylation sites (N-methyl/N-ethyl adjacent to an activating group) is 1. The van der Waals surface area contributed by atoms with Crippen molar-refractivity contribution in [1.82, 2.24) is 14.7 Å². The number of aryl methyl sites for hydroxylation is 1. The maximum atomic E-state index is 13.4. The Morgan fingerprint density at radius 2 is 1.86 bits per heavy atom. The highest BCUT2D eigenvalue weighted by Crippen LogP contribution is 2.30. The molecule has 28 heavy (non-hydrogen) atoms. The minimum Gasteiger partial charge on any atom is -0.305 e. The second kappa shape index (κ2) is 7.41. The minimum atomic E-state index is -0.0742. The fourth-order valence-electron chi connectivity index (χ4n) is 3.71. The maximum Gasteiger partial charge on any atom is 0.278 e. The first-order valence-electron chi connectivity index (χ1n) is 9.30. The van der Waals surface area contributed by atoms with E-state index in [1.165, 1.54) is 5.56 Å². The van der Waals surface area contributed by atoms with Crippen LogP contribution >= 0.6 is 11.6 Å². The summed E-state index contributed by atoms with van der Waals surface area (Å²) in [5.74, 6) is -0.0742. The molecule has 0 saturated heterocycles. The normalized spacial score (nSPS) is 16.3. The monoisotopic (exact) mass is 394 g/mol. The van der Waals surface area contributed by atoms with E-state index in [0.717, 1.165) is 23.4 Å². The van der Waals surface area contributed by atoms with Gasteiger partial charge in [-0.2, -0.15) is 5.10 Å². The topological polar surface area (TPSA) is 41.4 Å². The molecule has 0 spiro atoms. The molecule has 0 aliphatic carbocycles. The molecular weight excluding hydrogens is 372 g/mol. The number of carbonyl (C=O) groups excluding carboxylic acids is 1. The Morgan fingerprint density at radius 3 is 2.57 bits per heavy atom. The summed E-state index contributed by atoms with van der Waals surface area (Å²) in [5.41, 5.74) is 4.47. The van der Waals surface area contributed by atoms with Crippen molar-refractivity contribution >= 4 is 23.2 Å². The lowest BCUT2D eigenvalue weighted by Crippen LogP contribution is -2.48. The lowest BCUT2D eigenvalue weighted by atomic mass is 9.97. The van der Waals surface area contributed by atoms with Crippen molar-refractivity contribution in [2.45, 2.75) is 12.5 Å². The van der Waals surface area contributed by atoms with Crippen LogP contribution in [0.3, 0.4) is 0 Å². The first-order chi connectivity index (χ1) is 13.4. The number of fused-ring (bicyclic) bond motifs is 1. The van der Waals surface area contributed by atoms with E-state index in [2.05, 4.69) is 30.2 Å². The summed E-state index contributed by atoms with van der Waals surface area (Å²) in [6, 6.07) is 17.8. The largest absolute Gasteiger partial charge is 0.305 e. The van der Waals surface area contributed by atoms with Crippen molar-refractivity contribution in [1.29, 1.82) is 0 Å². The van der Waals surface area contributed by atoms with Gasteiger partial charge in [0.05, 0.1) is 5.69 Å². The van der Waals surface area contributed by atoms with Gasteiger partial charge in [0.2, 0.25) is 0 Å². The van der Waals surface area contributed by atoms with Gasteiger partial charge in [-0.25, -0.2) is 0 Å². The van der Waals surface area contributed by atoms with Crippen LogP contribution in [0, 0.1) is 0 Å². The average Bonchev–Trinajstić information content (AvgIpc) is 3.08. The Morgan fingerprint density at radius 1 is 1.14 bits per heavy atom. The predicted octanol–water partition coefficient (Wildman–Crippen LogP) is 3.87. The van der Waals surface area contributed by atoms with Crippen molar-refractivity contribution in [3.63, 3.8) is 0 Å². The second-order valence-electron chi connectivity index (χ2n) is 7.41. The van der Waals surface area contributed by atoms with Crippen molar-refractivity contribution in [3.8, 4) is 11.3 Å². The SMILES string of the molecule is CN(C)C1Cc2ccccc2N(C(=O)c2cc(-c3ccc(Cl)cc3)n(C)n2)C1. The third-order valence-electron chi connectivity index (χ3n) is 5.35. The van der Waals surface area contributed by atoms with Gasteiger partial charge in [0.15, 0.2) is 5.69 Å². The van der Waals surface area contributed by atoms with Crippen LogP contribution in [0.15, 0.2) is 54.6 Å². The third-order valence-corrected chi connectivity index (χ3v) is 5.60. The molecule has 1 aliphatic heterocycles. The quantitative estimate of drug-likeness (QED) is 0.677. The van der Waals surface area contributed by atoms with E-state index < -0.39 is 0 Å². The number of carbonyl (C=O) groups is 1. The summed E-state index contributed by atoms with van der Waals surface area (Å²) in [6.07, 6.45) is 0.936. The number of rotatable bonds is 3. The van der Waals surface area contributed by atoms with Gasteiger partial charge in [-0.15, -0.1) is 0 Å². The molecule has 144 valence electrons. The summed E-state index contributed by atoms with van der Waals surface area (Å²) in [6.45, 7) is 0.649. The Labute approximate surface area is 170 Å². The zero-order valence-corrected chi connectivity index (χ0v) is 17.0. The highest BCUT2D eigenvalue weighted by Gasteiger charge is 2.31. The van der Waals surface area contributed by atoms with Crippen LogP contribution in [-0.2, 0) is 13.5 Å². The van der Waals surface area contributed by atoms with Crippen LogP contribution in [-0.4, -0.2) is 47.3 Å². The predicted molar refractivity (Wildman–Crippen MR) is 113 cm³/mol. The molecule has 1 aromatic heterocycles. The van der Waals surface area contributed by atoms with Crippen molar-refractivity contribution in [2.24, 2.45) is 7.05 Å². The van der Waals surface area contributed by atoms with E-state index in [0.29, 0.717) is 17.3 Å². The number of hydrogen-bond acceptors (Lipinski definition) is 3. The molecule has 3 aromatic rings. The molecule has 1 aliphatic rings. The van der Waals surface area contributed by atoms with Gasteiger partial charge in [0.1, 0.15) is 0 Å². The molecule has 2 aromatic carbocycles. The highest BCUT2D eigenvalue weighted by molar-refractivity contribution is 6.30. The molecule has 1 atom stereocenters. The Balaban J connectivity index is 1.69. The summed E-state index contributed by atoms with van der Waals surface area (Å²) in [7, 11) is 5.97. The molecule has 4 rings (SSSR count). The smallest absolute Gasteiger partial charge is 0.278 e. The van der Waals surface area contributed by atoms with E-state index in [4.69, 9.17) is 11.6 Å². The number of aromatic nitrogens is 2. The fraction of sp³-hybridized carbons (Fsp3) is 0.273. The van der Waals surface area contributed by atoms with Crippen molar-refractivity contribution in [3.05, 3.63) is 70.9 Å². The molecule has 1 amide bonds. The molecule has 0 radical (unpaired) electrons. The number of para-hydroxylation sites is 1. The number of anilines is 1. The van der Waals surface area contributed by atoms with E-state index >= 15 is 0 Å². The van der Waals surface area contributed by atoms with Crippen LogP contribution in [0.25, 0.3) is 11.3 Å². The highest BCUT2D eigenvalue weighted by atomic mass is 35.5. The molecule has 6 heteroatoms. The molecule has 2 heterocycles. The Bertz CT molecular complexity index is 1010. The summed E-state index contributed by atoms with van der Waals surface area (Å²) in [5, 5.41) is 5.19. The van der Waals surface area contributed by atoms with Gasteiger partial charge < -0.3 is 9.80 Å². The zero-order chi connectivity index (χ0) is 19.8. The van der Waals surface area contributed by atoms with Gasteiger partial charge in [0, 0.05) is 30.3 Å².